The van der Waals surface area contributed by atoms with Crippen molar-refractivity contribution in [3.8, 4) is 11.3 Å². The van der Waals surface area contributed by atoms with Crippen molar-refractivity contribution in [3.05, 3.63) is 53.3 Å². The lowest BCUT2D eigenvalue weighted by molar-refractivity contribution is 0.0934. The van der Waals surface area contributed by atoms with Crippen molar-refractivity contribution in [3.63, 3.8) is 0 Å². The minimum atomic E-state index is -2.73. The van der Waals surface area contributed by atoms with E-state index >= 15 is 0 Å². The van der Waals surface area contributed by atoms with Gasteiger partial charge in [-0.15, -0.1) is 0 Å². The van der Waals surface area contributed by atoms with Gasteiger partial charge in [0.2, 0.25) is 0 Å². The van der Waals surface area contributed by atoms with E-state index in [2.05, 4.69) is 15.4 Å². The molecule has 0 unspecified atom stereocenters. The summed E-state index contributed by atoms with van der Waals surface area (Å²) in [7, 11) is 0. The van der Waals surface area contributed by atoms with E-state index in [0.29, 0.717) is 5.69 Å². The summed E-state index contributed by atoms with van der Waals surface area (Å²) in [5.74, 6) is -0.305. The van der Waals surface area contributed by atoms with Crippen LogP contribution in [0.4, 0.5) is 8.78 Å². The average molecular weight is 398 g/mol. The molecule has 1 N–H and O–H groups in total. The first-order valence-electron chi connectivity index (χ1n) is 10.1. The molecule has 3 aromatic rings. The molecular weight excluding hydrogens is 374 g/mol. The lowest BCUT2D eigenvalue weighted by Crippen LogP contribution is -2.34. The van der Waals surface area contributed by atoms with Gasteiger partial charge in [-0.1, -0.05) is 55.5 Å². The number of benzene rings is 1. The third kappa shape index (κ3) is 4.13. The SMILES string of the molecule is Cc1ccc(-c2cc(C(F)F)n3ncc(C(=O)NC4CCCCCC4)c3n2)cc1. The number of alkyl halides is 2. The Balaban J connectivity index is 1.73. The van der Waals surface area contributed by atoms with Gasteiger partial charge in [0.15, 0.2) is 5.65 Å². The number of halogens is 2. The molecule has 0 radical (unpaired) electrons. The highest BCUT2D eigenvalue weighted by Crippen LogP contribution is 2.27. The van der Waals surface area contributed by atoms with Crippen molar-refractivity contribution < 1.29 is 13.6 Å². The number of nitrogens with zero attached hydrogens (tertiary/aromatic N) is 3. The van der Waals surface area contributed by atoms with E-state index in [1.165, 1.54) is 25.1 Å². The highest BCUT2D eigenvalue weighted by molar-refractivity contribution is 6.00. The predicted octanol–water partition coefficient (Wildman–Crippen LogP) is 5.09. The van der Waals surface area contributed by atoms with Gasteiger partial charge in [0, 0.05) is 11.6 Å². The first-order valence-corrected chi connectivity index (χ1v) is 10.1. The number of fused-ring (bicyclic) bond motifs is 1. The Hall–Kier alpha value is -2.83. The molecule has 0 aliphatic heterocycles. The maximum absolute atomic E-state index is 13.7. The van der Waals surface area contributed by atoms with Crippen LogP contribution in [0.5, 0.6) is 0 Å². The fraction of sp³-hybridized carbons (Fsp3) is 0.409. The molecule has 0 spiro atoms. The van der Waals surface area contributed by atoms with E-state index < -0.39 is 6.43 Å². The van der Waals surface area contributed by atoms with Crippen LogP contribution in [0.3, 0.4) is 0 Å². The zero-order chi connectivity index (χ0) is 20.4. The van der Waals surface area contributed by atoms with Crippen LogP contribution in [-0.4, -0.2) is 26.5 Å². The second-order valence-corrected chi connectivity index (χ2v) is 7.69. The van der Waals surface area contributed by atoms with Crippen LogP contribution >= 0.6 is 0 Å². The zero-order valence-corrected chi connectivity index (χ0v) is 16.4. The van der Waals surface area contributed by atoms with Crippen LogP contribution in [0.2, 0.25) is 0 Å². The number of aryl methyl sites for hydroxylation is 1. The van der Waals surface area contributed by atoms with Crippen LogP contribution in [0.1, 0.15) is 66.6 Å². The molecular formula is C22H24F2N4O. The number of hydrogen-bond donors (Lipinski definition) is 1. The predicted molar refractivity (Wildman–Crippen MR) is 107 cm³/mol. The number of carbonyl (C=O) groups is 1. The zero-order valence-electron chi connectivity index (χ0n) is 16.4. The first-order chi connectivity index (χ1) is 14.0. The Kier molecular flexibility index (Phi) is 5.56. The highest BCUT2D eigenvalue weighted by atomic mass is 19.3. The Bertz CT molecular complexity index is 1010. The molecule has 1 aliphatic carbocycles. The number of rotatable bonds is 4. The van der Waals surface area contributed by atoms with Crippen LogP contribution in [0.25, 0.3) is 16.9 Å². The lowest BCUT2D eigenvalue weighted by Gasteiger charge is -2.15. The summed E-state index contributed by atoms with van der Waals surface area (Å²) in [6.45, 7) is 1.96. The summed E-state index contributed by atoms with van der Waals surface area (Å²) in [5, 5.41) is 7.08. The van der Waals surface area contributed by atoms with Gasteiger partial charge >= 0.3 is 0 Å². The van der Waals surface area contributed by atoms with Gasteiger partial charge in [0.1, 0.15) is 11.3 Å². The van der Waals surface area contributed by atoms with Crippen molar-refractivity contribution in [2.24, 2.45) is 0 Å². The second kappa shape index (κ2) is 8.27. The smallest absolute Gasteiger partial charge is 0.280 e. The van der Waals surface area contributed by atoms with E-state index in [1.807, 2.05) is 31.2 Å². The van der Waals surface area contributed by atoms with E-state index in [0.717, 1.165) is 41.3 Å². The standard InChI is InChI=1S/C22H24F2N4O/c1-14-8-10-15(11-9-14)18-12-19(20(23)24)28-21(27-18)17(13-25-28)22(29)26-16-6-4-2-3-5-7-16/h8-13,16,20H,2-7H2,1H3,(H,26,29). The molecule has 1 amide bonds. The van der Waals surface area contributed by atoms with Crippen LogP contribution in [-0.2, 0) is 0 Å². The van der Waals surface area contributed by atoms with E-state index in [-0.39, 0.29) is 28.9 Å². The van der Waals surface area contributed by atoms with Gasteiger partial charge in [-0.05, 0) is 25.8 Å². The molecule has 0 bridgehead atoms. The Morgan fingerprint density at radius 1 is 1.14 bits per heavy atom. The molecule has 1 aromatic carbocycles. The molecule has 0 saturated heterocycles. The van der Waals surface area contributed by atoms with E-state index in [1.54, 1.807) is 0 Å². The minimum absolute atomic E-state index is 0.106. The van der Waals surface area contributed by atoms with Gasteiger partial charge in [-0.25, -0.2) is 18.3 Å². The van der Waals surface area contributed by atoms with Gasteiger partial charge in [0.05, 0.1) is 11.9 Å². The number of aromatic nitrogens is 3. The van der Waals surface area contributed by atoms with Crippen molar-refractivity contribution in [2.75, 3.05) is 0 Å². The normalized spacial score (nSPS) is 15.6. The summed E-state index contributed by atoms with van der Waals surface area (Å²) in [5.41, 5.74) is 2.29. The summed E-state index contributed by atoms with van der Waals surface area (Å²) in [4.78, 5) is 17.4. The van der Waals surface area contributed by atoms with Gasteiger partial charge in [0.25, 0.3) is 12.3 Å². The van der Waals surface area contributed by atoms with Crippen molar-refractivity contribution >= 4 is 11.6 Å². The van der Waals surface area contributed by atoms with Crippen molar-refractivity contribution in [2.45, 2.75) is 57.9 Å². The Morgan fingerprint density at radius 2 is 1.83 bits per heavy atom. The topological polar surface area (TPSA) is 59.3 Å². The molecule has 1 saturated carbocycles. The average Bonchev–Trinajstić information content (AvgIpc) is 2.97. The number of hydrogen-bond acceptors (Lipinski definition) is 3. The van der Waals surface area contributed by atoms with Gasteiger partial charge in [-0.3, -0.25) is 4.79 Å². The molecule has 1 aliphatic rings. The van der Waals surface area contributed by atoms with Gasteiger partial charge in [-0.2, -0.15) is 5.10 Å². The molecule has 1 fully saturated rings. The van der Waals surface area contributed by atoms with Gasteiger partial charge < -0.3 is 5.32 Å². The van der Waals surface area contributed by atoms with Crippen molar-refractivity contribution in [1.82, 2.24) is 19.9 Å². The minimum Gasteiger partial charge on any atom is -0.349 e. The highest BCUT2D eigenvalue weighted by Gasteiger charge is 2.23. The first kappa shape index (κ1) is 19.5. The lowest BCUT2D eigenvalue weighted by atomic mass is 10.1. The molecule has 29 heavy (non-hydrogen) atoms. The molecule has 4 rings (SSSR count). The van der Waals surface area contributed by atoms with Crippen LogP contribution in [0, 0.1) is 6.92 Å². The number of carbonyl (C=O) groups excluding carboxylic acids is 1. The number of nitrogens with one attached hydrogen (secondary N) is 1. The summed E-state index contributed by atoms with van der Waals surface area (Å²) in [6, 6.07) is 8.92. The van der Waals surface area contributed by atoms with Crippen LogP contribution in [0.15, 0.2) is 36.5 Å². The summed E-state index contributed by atoms with van der Waals surface area (Å²) in [6.07, 6.45) is 5.02. The monoisotopic (exact) mass is 398 g/mol. The molecule has 5 nitrogen and oxygen atoms in total. The largest absolute Gasteiger partial charge is 0.349 e. The molecule has 152 valence electrons. The van der Waals surface area contributed by atoms with Crippen molar-refractivity contribution in [1.29, 1.82) is 0 Å². The second-order valence-electron chi connectivity index (χ2n) is 7.69. The third-order valence-electron chi connectivity index (χ3n) is 5.51. The Morgan fingerprint density at radius 3 is 2.48 bits per heavy atom. The van der Waals surface area contributed by atoms with Crippen LogP contribution < -0.4 is 5.32 Å². The molecule has 2 aromatic heterocycles. The quantitative estimate of drug-likeness (QED) is 0.623. The third-order valence-corrected chi connectivity index (χ3v) is 5.51. The maximum Gasteiger partial charge on any atom is 0.280 e. The fourth-order valence-corrected chi connectivity index (χ4v) is 3.86. The number of amides is 1. The Labute approximate surface area is 168 Å². The van der Waals surface area contributed by atoms with E-state index in [4.69, 9.17) is 0 Å². The summed E-state index contributed by atoms with van der Waals surface area (Å²) < 4.78 is 28.5. The fourth-order valence-electron chi connectivity index (χ4n) is 3.86. The molecule has 2 heterocycles. The van der Waals surface area contributed by atoms with E-state index in [9.17, 15) is 13.6 Å². The maximum atomic E-state index is 13.7. The molecule has 0 atom stereocenters. The summed E-state index contributed by atoms with van der Waals surface area (Å²) >= 11 is 0. The molecule has 7 heteroatoms.